The minimum atomic E-state index is 0.0676. The predicted octanol–water partition coefficient (Wildman–Crippen LogP) is 6.19. The van der Waals surface area contributed by atoms with Crippen LogP contribution in [0.25, 0.3) is 22.2 Å². The third kappa shape index (κ3) is 4.56. The number of benzene rings is 1. The molecule has 1 aliphatic rings. The highest BCUT2D eigenvalue weighted by Gasteiger charge is 2.23. The maximum absolute atomic E-state index is 12.2. The van der Waals surface area contributed by atoms with Gasteiger partial charge in [-0.05, 0) is 92.9 Å². The van der Waals surface area contributed by atoms with Crippen molar-refractivity contribution in [2.45, 2.75) is 65.7 Å². The summed E-state index contributed by atoms with van der Waals surface area (Å²) < 4.78 is 1.69. The summed E-state index contributed by atoms with van der Waals surface area (Å²) in [4.78, 5) is 18.5. The first-order valence-corrected chi connectivity index (χ1v) is 12.3. The average molecular weight is 434 g/mol. The molecule has 0 unspecified atom stereocenters. The normalized spacial score (nSPS) is 16.0. The van der Waals surface area contributed by atoms with Gasteiger partial charge in [0.2, 0.25) is 0 Å². The third-order valence-electron chi connectivity index (χ3n) is 7.17. The van der Waals surface area contributed by atoms with E-state index in [9.17, 15) is 4.79 Å². The van der Waals surface area contributed by atoms with E-state index < -0.39 is 0 Å². The number of nitrogens with zero attached hydrogens (tertiary/aromatic N) is 2. The van der Waals surface area contributed by atoms with Gasteiger partial charge in [-0.2, -0.15) is 0 Å². The van der Waals surface area contributed by atoms with E-state index in [1.165, 1.54) is 60.9 Å². The van der Waals surface area contributed by atoms with Gasteiger partial charge in [0, 0.05) is 35.3 Å². The van der Waals surface area contributed by atoms with Crippen molar-refractivity contribution in [1.82, 2.24) is 14.5 Å². The fourth-order valence-electron chi connectivity index (χ4n) is 5.26. The van der Waals surface area contributed by atoms with Crippen LogP contribution in [0.5, 0.6) is 0 Å². The summed E-state index contributed by atoms with van der Waals surface area (Å²) in [6.45, 7) is 14.7. The number of piperidine rings is 1. The number of aromatic amines is 1. The van der Waals surface area contributed by atoms with Crippen LogP contribution >= 0.6 is 0 Å². The van der Waals surface area contributed by atoms with Crippen molar-refractivity contribution < 1.29 is 0 Å². The van der Waals surface area contributed by atoms with E-state index in [4.69, 9.17) is 0 Å². The molecular weight excluding hydrogens is 394 g/mol. The molecule has 1 aromatic carbocycles. The van der Waals surface area contributed by atoms with E-state index in [1.54, 1.807) is 4.57 Å². The topological polar surface area (TPSA) is 41.0 Å². The molecule has 0 amide bonds. The van der Waals surface area contributed by atoms with Gasteiger partial charge in [0.15, 0.2) is 0 Å². The number of nitrogens with one attached hydrogen (secondary N) is 1. The van der Waals surface area contributed by atoms with Gasteiger partial charge in [0.1, 0.15) is 0 Å². The van der Waals surface area contributed by atoms with Gasteiger partial charge in [-0.3, -0.25) is 4.79 Å². The minimum absolute atomic E-state index is 0.0676. The van der Waals surface area contributed by atoms with Crippen LogP contribution < -0.4 is 5.56 Å². The summed E-state index contributed by atoms with van der Waals surface area (Å²) in [5.41, 5.74) is 7.10. The number of aromatic nitrogens is 2. The third-order valence-corrected chi connectivity index (χ3v) is 7.17. The highest BCUT2D eigenvalue weighted by molar-refractivity contribution is 5.92. The zero-order chi connectivity index (χ0) is 23.0. The van der Waals surface area contributed by atoms with Crippen LogP contribution in [-0.2, 0) is 7.05 Å². The fourth-order valence-corrected chi connectivity index (χ4v) is 5.26. The zero-order valence-corrected chi connectivity index (χ0v) is 20.7. The summed E-state index contributed by atoms with van der Waals surface area (Å²) in [5.74, 6) is 1.82. The Labute approximate surface area is 192 Å². The summed E-state index contributed by atoms with van der Waals surface area (Å²) in [6, 6.07) is 9.05. The molecule has 3 aromatic rings. The molecule has 4 heteroatoms. The lowest BCUT2D eigenvalue weighted by Crippen LogP contribution is -2.34. The van der Waals surface area contributed by atoms with Crippen LogP contribution in [0.3, 0.4) is 0 Å². The first-order chi connectivity index (χ1) is 15.2. The molecule has 1 aliphatic heterocycles. The lowest BCUT2D eigenvalue weighted by atomic mass is 9.87. The molecule has 0 atom stereocenters. The van der Waals surface area contributed by atoms with Crippen molar-refractivity contribution in [2.24, 2.45) is 13.0 Å². The van der Waals surface area contributed by atoms with Crippen molar-refractivity contribution >= 4 is 10.9 Å². The van der Waals surface area contributed by atoms with Gasteiger partial charge in [-0.25, -0.2) is 0 Å². The SMILES string of the molecule is Cc1cc(-c2[nH]c3ccc(C4CCN(CCC(C)C)CC4)cc3c2C(C)C)cn(C)c1=O. The summed E-state index contributed by atoms with van der Waals surface area (Å²) >= 11 is 0. The van der Waals surface area contributed by atoms with E-state index in [-0.39, 0.29) is 5.56 Å². The number of hydrogen-bond donors (Lipinski definition) is 1. The molecule has 0 aliphatic carbocycles. The maximum atomic E-state index is 12.2. The molecule has 1 fully saturated rings. The van der Waals surface area contributed by atoms with Gasteiger partial charge >= 0.3 is 0 Å². The number of hydrogen-bond acceptors (Lipinski definition) is 2. The lowest BCUT2D eigenvalue weighted by molar-refractivity contribution is 0.202. The quantitative estimate of drug-likeness (QED) is 0.503. The molecule has 32 heavy (non-hydrogen) atoms. The van der Waals surface area contributed by atoms with E-state index >= 15 is 0 Å². The molecule has 0 bridgehead atoms. The molecule has 0 radical (unpaired) electrons. The van der Waals surface area contributed by atoms with E-state index in [0.29, 0.717) is 11.8 Å². The second kappa shape index (κ2) is 9.27. The standard InChI is InChI=1S/C28H39N3O/c1-18(2)9-12-31-13-10-21(11-14-31)22-7-8-25-24(16-22)26(19(3)4)27(29-25)23-15-20(5)28(32)30(6)17-23/h7-8,15-19,21,29H,9-14H2,1-6H3. The molecular formula is C28H39N3O. The largest absolute Gasteiger partial charge is 0.354 e. The van der Waals surface area contributed by atoms with E-state index in [1.807, 2.05) is 26.2 Å². The fraction of sp³-hybridized carbons (Fsp3) is 0.536. The zero-order valence-electron chi connectivity index (χ0n) is 20.7. The Bertz CT molecular complexity index is 1120. The Morgan fingerprint density at radius 1 is 1.09 bits per heavy atom. The molecule has 1 N–H and O–H groups in total. The number of H-pyrrole nitrogens is 1. The Morgan fingerprint density at radius 2 is 1.81 bits per heavy atom. The molecule has 3 heterocycles. The van der Waals surface area contributed by atoms with Crippen molar-refractivity contribution in [2.75, 3.05) is 19.6 Å². The highest BCUT2D eigenvalue weighted by atomic mass is 16.1. The van der Waals surface area contributed by atoms with Crippen molar-refractivity contribution in [3.63, 3.8) is 0 Å². The van der Waals surface area contributed by atoms with E-state index in [0.717, 1.165) is 22.7 Å². The summed E-state index contributed by atoms with van der Waals surface area (Å²) in [6.07, 6.45) is 5.75. The summed E-state index contributed by atoms with van der Waals surface area (Å²) in [7, 11) is 1.84. The molecule has 4 nitrogen and oxygen atoms in total. The number of rotatable bonds is 6. The van der Waals surface area contributed by atoms with Gasteiger partial charge in [-0.15, -0.1) is 0 Å². The number of fused-ring (bicyclic) bond motifs is 1. The average Bonchev–Trinajstić information content (AvgIpc) is 3.15. The molecule has 1 saturated heterocycles. The Kier molecular flexibility index (Phi) is 6.62. The van der Waals surface area contributed by atoms with E-state index in [2.05, 4.69) is 55.8 Å². The number of likely N-dealkylation sites (tertiary alicyclic amines) is 1. The van der Waals surface area contributed by atoms with Crippen molar-refractivity contribution in [3.8, 4) is 11.3 Å². The second-order valence-electron chi connectivity index (χ2n) is 10.5. The second-order valence-corrected chi connectivity index (χ2v) is 10.5. The minimum Gasteiger partial charge on any atom is -0.354 e. The van der Waals surface area contributed by atoms with Gasteiger partial charge in [0.05, 0.1) is 5.69 Å². The number of aryl methyl sites for hydroxylation is 2. The predicted molar refractivity (Wildman–Crippen MR) is 136 cm³/mol. The molecule has 2 aromatic heterocycles. The Hall–Kier alpha value is -2.33. The van der Waals surface area contributed by atoms with Crippen LogP contribution in [0, 0.1) is 12.8 Å². The smallest absolute Gasteiger partial charge is 0.253 e. The van der Waals surface area contributed by atoms with Crippen LogP contribution in [0.2, 0.25) is 0 Å². The van der Waals surface area contributed by atoms with Crippen molar-refractivity contribution in [1.29, 1.82) is 0 Å². The maximum Gasteiger partial charge on any atom is 0.253 e. The van der Waals surface area contributed by atoms with Gasteiger partial charge < -0.3 is 14.5 Å². The highest BCUT2D eigenvalue weighted by Crippen LogP contribution is 2.38. The lowest BCUT2D eigenvalue weighted by Gasteiger charge is -2.32. The molecule has 0 saturated carbocycles. The summed E-state index contributed by atoms with van der Waals surface area (Å²) in [5, 5.41) is 1.33. The first kappa shape index (κ1) is 22.8. The van der Waals surface area contributed by atoms with Crippen molar-refractivity contribution in [3.05, 3.63) is 57.5 Å². The molecule has 4 rings (SSSR count). The number of pyridine rings is 1. The molecule has 172 valence electrons. The van der Waals surface area contributed by atoms with Crippen LogP contribution in [0.1, 0.15) is 75.5 Å². The van der Waals surface area contributed by atoms with Crippen LogP contribution in [-0.4, -0.2) is 34.1 Å². The Balaban J connectivity index is 1.65. The first-order valence-electron chi connectivity index (χ1n) is 12.3. The monoisotopic (exact) mass is 433 g/mol. The van der Waals surface area contributed by atoms with Crippen LogP contribution in [0.4, 0.5) is 0 Å². The Morgan fingerprint density at radius 3 is 2.44 bits per heavy atom. The van der Waals surface area contributed by atoms with Gasteiger partial charge in [0.25, 0.3) is 5.56 Å². The van der Waals surface area contributed by atoms with Gasteiger partial charge in [-0.1, -0.05) is 33.8 Å². The molecule has 0 spiro atoms. The van der Waals surface area contributed by atoms with Crippen LogP contribution in [0.15, 0.2) is 35.3 Å².